The summed E-state index contributed by atoms with van der Waals surface area (Å²) in [5.74, 6) is 0. The molecule has 0 spiro atoms. The molecular weight excluding hydrogens is 210 g/mol. The van der Waals surface area contributed by atoms with Gasteiger partial charge >= 0.3 is 0 Å². The van der Waals surface area contributed by atoms with E-state index in [4.69, 9.17) is 4.84 Å². The number of hydrogen-bond donors (Lipinski definition) is 1. The van der Waals surface area contributed by atoms with Crippen molar-refractivity contribution in [3.05, 3.63) is 34.4 Å². The van der Waals surface area contributed by atoms with Crippen molar-refractivity contribution in [2.75, 3.05) is 0 Å². The highest BCUT2D eigenvalue weighted by atomic mass is 16.7. The van der Waals surface area contributed by atoms with Crippen LogP contribution in [-0.2, 0) is 11.4 Å². The van der Waals surface area contributed by atoms with E-state index in [9.17, 15) is 0 Å². The molecule has 17 heavy (non-hydrogen) atoms. The standard InChI is InChI=1S/C15H23NO/c1-11-8-13(3)14(9-12(11)2)10-16-17-15-6-4-5-7-15/h8-9,15-16H,4-7,10H2,1-3H3. The minimum absolute atomic E-state index is 0.432. The van der Waals surface area contributed by atoms with Gasteiger partial charge in [0.2, 0.25) is 0 Å². The molecule has 1 aliphatic carbocycles. The van der Waals surface area contributed by atoms with Crippen molar-refractivity contribution in [3.8, 4) is 0 Å². The lowest BCUT2D eigenvalue weighted by atomic mass is 10.0. The van der Waals surface area contributed by atoms with Crippen molar-refractivity contribution >= 4 is 0 Å². The molecule has 1 aliphatic rings. The first kappa shape index (κ1) is 12.6. The zero-order valence-corrected chi connectivity index (χ0v) is 11.2. The minimum Gasteiger partial charge on any atom is -0.298 e. The van der Waals surface area contributed by atoms with Gasteiger partial charge in [-0.15, -0.1) is 0 Å². The molecular formula is C15H23NO. The summed E-state index contributed by atoms with van der Waals surface area (Å²) in [5.41, 5.74) is 8.53. The minimum atomic E-state index is 0.432. The predicted octanol–water partition coefficient (Wildman–Crippen LogP) is 3.58. The molecule has 1 aromatic carbocycles. The molecule has 0 aromatic heterocycles. The Hall–Kier alpha value is -0.860. The van der Waals surface area contributed by atoms with Gasteiger partial charge in [0, 0.05) is 6.54 Å². The molecule has 2 nitrogen and oxygen atoms in total. The lowest BCUT2D eigenvalue weighted by molar-refractivity contribution is -0.0244. The van der Waals surface area contributed by atoms with Crippen LogP contribution >= 0.6 is 0 Å². The second-order valence-corrected chi connectivity index (χ2v) is 5.21. The van der Waals surface area contributed by atoms with Gasteiger partial charge < -0.3 is 0 Å². The van der Waals surface area contributed by atoms with E-state index in [0.717, 1.165) is 6.54 Å². The molecule has 0 saturated heterocycles. The summed E-state index contributed by atoms with van der Waals surface area (Å²) in [6, 6.07) is 4.51. The van der Waals surface area contributed by atoms with Crippen molar-refractivity contribution in [1.82, 2.24) is 5.48 Å². The summed E-state index contributed by atoms with van der Waals surface area (Å²) in [7, 11) is 0. The smallest absolute Gasteiger partial charge is 0.0790 e. The maximum atomic E-state index is 5.68. The third kappa shape index (κ3) is 3.30. The Labute approximate surface area is 104 Å². The number of rotatable bonds is 4. The molecule has 0 radical (unpaired) electrons. The summed E-state index contributed by atoms with van der Waals surface area (Å²) in [6.07, 6.45) is 5.48. The molecule has 1 aromatic rings. The van der Waals surface area contributed by atoms with Gasteiger partial charge in [-0.3, -0.25) is 4.84 Å². The van der Waals surface area contributed by atoms with Crippen LogP contribution in [0.1, 0.15) is 47.9 Å². The van der Waals surface area contributed by atoms with Crippen LogP contribution < -0.4 is 5.48 Å². The average Bonchev–Trinajstić information content (AvgIpc) is 2.78. The predicted molar refractivity (Wildman–Crippen MR) is 70.8 cm³/mol. The normalized spacial score (nSPS) is 16.6. The Bertz CT molecular complexity index is 381. The average molecular weight is 233 g/mol. The quantitative estimate of drug-likeness (QED) is 0.803. The van der Waals surface area contributed by atoms with Crippen LogP contribution in [0.2, 0.25) is 0 Å². The first-order valence-electron chi connectivity index (χ1n) is 6.62. The van der Waals surface area contributed by atoms with E-state index in [1.807, 2.05) is 0 Å². The number of benzene rings is 1. The van der Waals surface area contributed by atoms with Crippen LogP contribution in [0.25, 0.3) is 0 Å². The van der Waals surface area contributed by atoms with E-state index in [-0.39, 0.29) is 0 Å². The maximum absolute atomic E-state index is 5.68. The van der Waals surface area contributed by atoms with Crippen LogP contribution in [0.15, 0.2) is 12.1 Å². The topological polar surface area (TPSA) is 21.3 Å². The molecule has 2 heteroatoms. The lowest BCUT2D eigenvalue weighted by Crippen LogP contribution is -2.21. The van der Waals surface area contributed by atoms with E-state index >= 15 is 0 Å². The summed E-state index contributed by atoms with van der Waals surface area (Å²) < 4.78 is 0. The van der Waals surface area contributed by atoms with Crippen molar-refractivity contribution in [2.45, 2.75) is 59.1 Å². The van der Waals surface area contributed by atoms with E-state index in [2.05, 4.69) is 38.4 Å². The summed E-state index contributed by atoms with van der Waals surface area (Å²) in [6.45, 7) is 7.30. The summed E-state index contributed by atoms with van der Waals surface area (Å²) in [5, 5.41) is 0. The van der Waals surface area contributed by atoms with Crippen LogP contribution in [0.3, 0.4) is 0 Å². The number of hydrogen-bond acceptors (Lipinski definition) is 2. The Balaban J connectivity index is 1.87. The monoisotopic (exact) mass is 233 g/mol. The fraction of sp³-hybridized carbons (Fsp3) is 0.600. The van der Waals surface area contributed by atoms with Gasteiger partial charge in [0.1, 0.15) is 0 Å². The van der Waals surface area contributed by atoms with Gasteiger partial charge in [0.25, 0.3) is 0 Å². The first-order valence-corrected chi connectivity index (χ1v) is 6.62. The largest absolute Gasteiger partial charge is 0.298 e. The molecule has 0 atom stereocenters. The fourth-order valence-electron chi connectivity index (χ4n) is 2.45. The molecule has 1 fully saturated rings. The van der Waals surface area contributed by atoms with E-state index in [1.54, 1.807) is 0 Å². The second kappa shape index (κ2) is 5.65. The highest BCUT2D eigenvalue weighted by Gasteiger charge is 2.15. The Morgan fingerprint density at radius 2 is 1.71 bits per heavy atom. The van der Waals surface area contributed by atoms with E-state index < -0.39 is 0 Å². The molecule has 2 rings (SSSR count). The van der Waals surface area contributed by atoms with Gasteiger partial charge in [0.15, 0.2) is 0 Å². The Kier molecular flexibility index (Phi) is 4.19. The third-order valence-corrected chi connectivity index (χ3v) is 3.77. The molecule has 0 heterocycles. The highest BCUT2D eigenvalue weighted by molar-refractivity contribution is 5.36. The number of hydroxylamine groups is 1. The van der Waals surface area contributed by atoms with Crippen molar-refractivity contribution < 1.29 is 4.84 Å². The SMILES string of the molecule is Cc1cc(C)c(CNOC2CCCC2)cc1C. The second-order valence-electron chi connectivity index (χ2n) is 5.21. The molecule has 0 amide bonds. The first-order chi connectivity index (χ1) is 8.16. The Morgan fingerprint density at radius 3 is 2.41 bits per heavy atom. The number of nitrogens with one attached hydrogen (secondary N) is 1. The maximum Gasteiger partial charge on any atom is 0.0790 e. The number of aryl methyl sites for hydroxylation is 3. The molecule has 0 bridgehead atoms. The Morgan fingerprint density at radius 1 is 1.06 bits per heavy atom. The van der Waals surface area contributed by atoms with E-state index in [1.165, 1.54) is 47.9 Å². The van der Waals surface area contributed by atoms with Gasteiger partial charge in [-0.2, -0.15) is 5.48 Å². The molecule has 1 saturated carbocycles. The highest BCUT2D eigenvalue weighted by Crippen LogP contribution is 2.20. The van der Waals surface area contributed by atoms with Gasteiger partial charge in [0.05, 0.1) is 6.10 Å². The van der Waals surface area contributed by atoms with Gasteiger partial charge in [-0.1, -0.05) is 25.0 Å². The molecule has 94 valence electrons. The van der Waals surface area contributed by atoms with Crippen LogP contribution in [0, 0.1) is 20.8 Å². The van der Waals surface area contributed by atoms with E-state index in [0.29, 0.717) is 6.10 Å². The van der Waals surface area contributed by atoms with Crippen LogP contribution in [0.5, 0.6) is 0 Å². The van der Waals surface area contributed by atoms with Crippen molar-refractivity contribution in [2.24, 2.45) is 0 Å². The van der Waals surface area contributed by atoms with Crippen LogP contribution in [-0.4, -0.2) is 6.10 Å². The third-order valence-electron chi connectivity index (χ3n) is 3.77. The van der Waals surface area contributed by atoms with Gasteiger partial charge in [-0.05, 0) is 55.9 Å². The van der Waals surface area contributed by atoms with Crippen molar-refractivity contribution in [3.63, 3.8) is 0 Å². The van der Waals surface area contributed by atoms with Crippen molar-refractivity contribution in [1.29, 1.82) is 0 Å². The summed E-state index contributed by atoms with van der Waals surface area (Å²) >= 11 is 0. The zero-order valence-electron chi connectivity index (χ0n) is 11.2. The lowest BCUT2D eigenvalue weighted by Gasteiger charge is -2.14. The fourth-order valence-corrected chi connectivity index (χ4v) is 2.45. The molecule has 1 N–H and O–H groups in total. The van der Waals surface area contributed by atoms with Crippen LogP contribution in [0.4, 0.5) is 0 Å². The summed E-state index contributed by atoms with van der Waals surface area (Å²) in [4.78, 5) is 5.68. The van der Waals surface area contributed by atoms with Gasteiger partial charge in [-0.25, -0.2) is 0 Å². The molecule has 0 aliphatic heterocycles. The molecule has 0 unspecified atom stereocenters. The zero-order chi connectivity index (χ0) is 12.3.